The number of allylic oxidation sites excluding steroid dienone is 10. The van der Waals surface area contributed by atoms with Gasteiger partial charge in [0.15, 0.2) is 6.10 Å². The van der Waals surface area contributed by atoms with Crippen LogP contribution in [0.4, 0.5) is 0 Å². The van der Waals surface area contributed by atoms with Crippen LogP contribution in [0.5, 0.6) is 0 Å². The van der Waals surface area contributed by atoms with Gasteiger partial charge in [-0.1, -0.05) is 268 Å². The van der Waals surface area contributed by atoms with Crippen LogP contribution in [0.3, 0.4) is 0 Å². The number of hydrogen-bond acceptors (Lipinski definition) is 5. The van der Waals surface area contributed by atoms with Crippen molar-refractivity contribution in [1.82, 2.24) is 0 Å². The van der Waals surface area contributed by atoms with Crippen molar-refractivity contribution in [2.75, 3.05) is 19.8 Å². The van der Waals surface area contributed by atoms with Crippen molar-refractivity contribution in [3.63, 3.8) is 0 Å². The van der Waals surface area contributed by atoms with Crippen LogP contribution in [-0.2, 0) is 23.8 Å². The zero-order valence-corrected chi connectivity index (χ0v) is 45.6. The number of ether oxygens (including phenoxy) is 3. The summed E-state index contributed by atoms with van der Waals surface area (Å²) in [6.07, 6.45) is 75.4. The van der Waals surface area contributed by atoms with Gasteiger partial charge in [-0.15, -0.1) is 0 Å². The fourth-order valence-corrected chi connectivity index (χ4v) is 8.62. The highest BCUT2D eigenvalue weighted by Gasteiger charge is 2.17. The average molecular weight is 952 g/mol. The molecule has 0 aromatic heterocycles. The SMILES string of the molecule is CC/C=C\C/C=C\C/C=C\C/C=C\CCCCC(=O)OC(COCCCCCCCCCCCC/C=C\CCCCCCCC)COC(=O)CCCCCCCCCCCCCCCCCCC. The van der Waals surface area contributed by atoms with Crippen molar-refractivity contribution in [2.45, 2.75) is 309 Å². The van der Waals surface area contributed by atoms with Crippen molar-refractivity contribution in [2.24, 2.45) is 0 Å². The van der Waals surface area contributed by atoms with Gasteiger partial charge in [-0.05, 0) is 83.5 Å². The summed E-state index contributed by atoms with van der Waals surface area (Å²) >= 11 is 0. The van der Waals surface area contributed by atoms with Crippen molar-refractivity contribution in [3.8, 4) is 0 Å². The molecule has 1 unspecified atom stereocenters. The number of carbonyl (C=O) groups is 2. The molecule has 5 nitrogen and oxygen atoms in total. The fourth-order valence-electron chi connectivity index (χ4n) is 8.62. The Balaban J connectivity index is 4.28. The van der Waals surface area contributed by atoms with Crippen LogP contribution in [-0.4, -0.2) is 37.9 Å². The molecule has 0 aromatic rings. The monoisotopic (exact) mass is 951 g/mol. The molecule has 0 saturated heterocycles. The van der Waals surface area contributed by atoms with Crippen LogP contribution in [0.25, 0.3) is 0 Å². The highest BCUT2D eigenvalue weighted by molar-refractivity contribution is 5.70. The lowest BCUT2D eigenvalue weighted by Crippen LogP contribution is -2.30. The lowest BCUT2D eigenvalue weighted by atomic mass is 10.0. The van der Waals surface area contributed by atoms with Crippen molar-refractivity contribution < 1.29 is 23.8 Å². The van der Waals surface area contributed by atoms with E-state index < -0.39 is 6.10 Å². The number of hydrogen-bond donors (Lipinski definition) is 0. The second kappa shape index (κ2) is 58.9. The fraction of sp³-hybridized carbons (Fsp3) is 0.810. The van der Waals surface area contributed by atoms with Gasteiger partial charge in [-0.2, -0.15) is 0 Å². The Hall–Kier alpha value is -2.40. The van der Waals surface area contributed by atoms with E-state index in [4.69, 9.17) is 14.2 Å². The molecule has 1 atom stereocenters. The lowest BCUT2D eigenvalue weighted by Gasteiger charge is -2.18. The second-order valence-electron chi connectivity index (χ2n) is 19.9. The molecule has 0 heterocycles. The summed E-state index contributed by atoms with van der Waals surface area (Å²) in [7, 11) is 0. The van der Waals surface area contributed by atoms with E-state index in [9.17, 15) is 9.59 Å². The number of rotatable bonds is 55. The summed E-state index contributed by atoms with van der Waals surface area (Å²) < 4.78 is 17.5. The predicted molar refractivity (Wildman–Crippen MR) is 298 cm³/mol. The lowest BCUT2D eigenvalue weighted by molar-refractivity contribution is -0.163. The standard InChI is InChI=1S/C63H114O5/c1-4-7-10-13-16-19-22-25-28-30-31-32-34-37-40-43-46-49-52-55-58-66-59-61(68-63(65)57-54-51-48-45-42-39-35-27-24-21-18-15-12-9-6-3)60-67-62(64)56-53-50-47-44-41-38-36-33-29-26-23-20-17-14-11-8-5-2/h9,12,18,21,25,27-28,35,42,45,61H,4-8,10-11,13-17,19-20,22-24,26,29-34,36-41,43-44,46-60H2,1-3H3/b12-9-,21-18-,28-25-,35-27-,45-42-. The molecule has 0 amide bonds. The molecule has 0 aliphatic carbocycles. The molecule has 0 bridgehead atoms. The minimum Gasteiger partial charge on any atom is -0.462 e. The molecule has 0 saturated carbocycles. The van der Waals surface area contributed by atoms with Gasteiger partial charge in [0.25, 0.3) is 0 Å². The maximum atomic E-state index is 12.8. The van der Waals surface area contributed by atoms with E-state index >= 15 is 0 Å². The van der Waals surface area contributed by atoms with Gasteiger partial charge >= 0.3 is 11.9 Å². The van der Waals surface area contributed by atoms with Crippen molar-refractivity contribution in [1.29, 1.82) is 0 Å². The van der Waals surface area contributed by atoms with E-state index in [0.717, 1.165) is 70.6 Å². The zero-order chi connectivity index (χ0) is 49.2. The first kappa shape index (κ1) is 65.6. The Kier molecular flexibility index (Phi) is 56.8. The highest BCUT2D eigenvalue weighted by atomic mass is 16.6. The topological polar surface area (TPSA) is 61.8 Å². The summed E-state index contributed by atoms with van der Waals surface area (Å²) in [6, 6.07) is 0. The molecule has 0 aliphatic heterocycles. The Bertz CT molecular complexity index is 1170. The quantitative estimate of drug-likeness (QED) is 0.0345. The van der Waals surface area contributed by atoms with Crippen LogP contribution in [0, 0.1) is 0 Å². The van der Waals surface area contributed by atoms with Crippen LogP contribution in [0.1, 0.15) is 303 Å². The van der Waals surface area contributed by atoms with Gasteiger partial charge in [0.2, 0.25) is 0 Å². The number of unbranched alkanes of at least 4 members (excludes halogenated alkanes) is 34. The van der Waals surface area contributed by atoms with Gasteiger partial charge in [0.05, 0.1) is 6.61 Å². The Morgan fingerprint density at radius 2 is 0.662 bits per heavy atom. The summed E-state index contributed by atoms with van der Waals surface area (Å²) in [6.45, 7) is 7.71. The first-order chi connectivity index (χ1) is 33.6. The smallest absolute Gasteiger partial charge is 0.306 e. The Labute approximate surface area is 424 Å². The molecule has 0 rings (SSSR count). The highest BCUT2D eigenvalue weighted by Crippen LogP contribution is 2.16. The molecule has 68 heavy (non-hydrogen) atoms. The maximum Gasteiger partial charge on any atom is 0.306 e. The molecule has 0 aliphatic rings. The summed E-state index contributed by atoms with van der Waals surface area (Å²) in [5.41, 5.74) is 0. The van der Waals surface area contributed by atoms with Gasteiger partial charge < -0.3 is 14.2 Å². The first-order valence-electron chi connectivity index (χ1n) is 29.8. The normalized spacial score (nSPS) is 12.6. The van der Waals surface area contributed by atoms with Crippen LogP contribution < -0.4 is 0 Å². The molecule has 0 radical (unpaired) electrons. The Morgan fingerprint density at radius 3 is 1.10 bits per heavy atom. The minimum atomic E-state index is -0.558. The van der Waals surface area contributed by atoms with E-state index in [-0.39, 0.29) is 25.2 Å². The third kappa shape index (κ3) is 56.2. The Morgan fingerprint density at radius 1 is 0.338 bits per heavy atom. The van der Waals surface area contributed by atoms with E-state index in [1.165, 1.54) is 199 Å². The first-order valence-corrected chi connectivity index (χ1v) is 29.8. The van der Waals surface area contributed by atoms with Gasteiger partial charge in [-0.3, -0.25) is 9.59 Å². The second-order valence-corrected chi connectivity index (χ2v) is 19.9. The maximum absolute atomic E-state index is 12.8. The molecular weight excluding hydrogens is 837 g/mol. The molecule has 0 fully saturated rings. The molecule has 0 N–H and O–H groups in total. The largest absolute Gasteiger partial charge is 0.462 e. The molecule has 0 spiro atoms. The number of carbonyl (C=O) groups excluding carboxylic acids is 2. The van der Waals surface area contributed by atoms with E-state index in [2.05, 4.69) is 81.5 Å². The minimum absolute atomic E-state index is 0.0709. The van der Waals surface area contributed by atoms with Crippen molar-refractivity contribution >= 4 is 11.9 Å². The van der Waals surface area contributed by atoms with Crippen LogP contribution >= 0.6 is 0 Å². The van der Waals surface area contributed by atoms with E-state index in [0.29, 0.717) is 19.4 Å². The van der Waals surface area contributed by atoms with Crippen molar-refractivity contribution in [3.05, 3.63) is 60.8 Å². The molecule has 5 heteroatoms. The van der Waals surface area contributed by atoms with Gasteiger partial charge in [0.1, 0.15) is 6.61 Å². The number of esters is 2. The van der Waals surface area contributed by atoms with Crippen LogP contribution in [0.15, 0.2) is 60.8 Å². The molecule has 0 aromatic carbocycles. The summed E-state index contributed by atoms with van der Waals surface area (Å²) in [5.74, 6) is -0.431. The van der Waals surface area contributed by atoms with E-state index in [1.54, 1.807) is 0 Å². The third-order valence-corrected chi connectivity index (χ3v) is 13.0. The predicted octanol–water partition coefficient (Wildman–Crippen LogP) is 20.5. The summed E-state index contributed by atoms with van der Waals surface area (Å²) in [5, 5.41) is 0. The molecule has 396 valence electrons. The average Bonchev–Trinajstić information content (AvgIpc) is 3.34. The van der Waals surface area contributed by atoms with Crippen LogP contribution in [0.2, 0.25) is 0 Å². The van der Waals surface area contributed by atoms with Gasteiger partial charge in [0, 0.05) is 19.4 Å². The summed E-state index contributed by atoms with van der Waals surface area (Å²) in [4.78, 5) is 25.5. The van der Waals surface area contributed by atoms with E-state index in [1.807, 2.05) is 0 Å². The zero-order valence-electron chi connectivity index (χ0n) is 45.6. The van der Waals surface area contributed by atoms with Gasteiger partial charge in [-0.25, -0.2) is 0 Å². The third-order valence-electron chi connectivity index (χ3n) is 13.0. The molecular formula is C63H114O5.